The van der Waals surface area contributed by atoms with Gasteiger partial charge in [0, 0.05) is 25.7 Å². The molecule has 4 aromatic rings. The van der Waals surface area contributed by atoms with E-state index in [0.717, 1.165) is 0 Å². The van der Waals surface area contributed by atoms with Gasteiger partial charge in [0.05, 0.1) is 5.69 Å². The van der Waals surface area contributed by atoms with E-state index in [1.165, 1.54) is 29.6 Å². The maximum atomic E-state index is 13.3. The highest BCUT2D eigenvalue weighted by Crippen LogP contribution is 2.35. The molecular formula is C22H17FN6O4. The molecule has 3 heterocycles. The van der Waals surface area contributed by atoms with E-state index < -0.39 is 11.8 Å². The van der Waals surface area contributed by atoms with Crippen LogP contribution in [-0.2, 0) is 11.2 Å². The van der Waals surface area contributed by atoms with Crippen molar-refractivity contribution in [2.75, 3.05) is 18.6 Å². The van der Waals surface area contributed by atoms with E-state index in [4.69, 9.17) is 9.15 Å². The SMILES string of the molecule is CN1C(=O)C(/C=N/C(=O)c2nnc(Cc3cccc(F)c3)[nH]2)COc2cc3ocnc3cc21. The number of ether oxygens (including phenoxy) is 1. The van der Waals surface area contributed by atoms with Crippen LogP contribution in [0.3, 0.4) is 0 Å². The molecule has 0 spiro atoms. The number of fused-ring (bicyclic) bond motifs is 2. The third-order valence-electron chi connectivity index (χ3n) is 5.21. The molecule has 11 heteroatoms. The lowest BCUT2D eigenvalue weighted by atomic mass is 10.1. The molecule has 1 N–H and O–H groups in total. The van der Waals surface area contributed by atoms with Gasteiger partial charge in [-0.1, -0.05) is 12.1 Å². The summed E-state index contributed by atoms with van der Waals surface area (Å²) in [6, 6.07) is 9.42. The summed E-state index contributed by atoms with van der Waals surface area (Å²) in [5.41, 5.74) is 2.36. The Morgan fingerprint density at radius 3 is 3.06 bits per heavy atom. The fourth-order valence-corrected chi connectivity index (χ4v) is 3.51. The van der Waals surface area contributed by atoms with Crippen LogP contribution in [0.15, 0.2) is 52.2 Å². The zero-order valence-electron chi connectivity index (χ0n) is 17.4. The second-order valence-corrected chi connectivity index (χ2v) is 7.47. The van der Waals surface area contributed by atoms with Gasteiger partial charge in [0.15, 0.2) is 12.0 Å². The molecule has 0 saturated carbocycles. The van der Waals surface area contributed by atoms with Gasteiger partial charge in [0.25, 0.3) is 0 Å². The van der Waals surface area contributed by atoms with Gasteiger partial charge in [0.2, 0.25) is 11.7 Å². The highest BCUT2D eigenvalue weighted by Gasteiger charge is 2.29. The van der Waals surface area contributed by atoms with E-state index in [1.807, 2.05) is 0 Å². The number of H-pyrrole nitrogens is 1. The fraction of sp³-hybridized carbons (Fsp3) is 0.182. The number of aromatic amines is 1. The second kappa shape index (κ2) is 8.26. The zero-order valence-corrected chi connectivity index (χ0v) is 17.4. The summed E-state index contributed by atoms with van der Waals surface area (Å²) in [5, 5.41) is 7.71. The summed E-state index contributed by atoms with van der Waals surface area (Å²) >= 11 is 0. The Hall–Kier alpha value is -4.41. The lowest BCUT2D eigenvalue weighted by molar-refractivity contribution is -0.120. The van der Waals surface area contributed by atoms with Gasteiger partial charge in [-0.25, -0.2) is 14.4 Å². The van der Waals surface area contributed by atoms with Gasteiger partial charge in [-0.2, -0.15) is 0 Å². The summed E-state index contributed by atoms with van der Waals surface area (Å²) in [4.78, 5) is 37.5. The predicted molar refractivity (Wildman–Crippen MR) is 115 cm³/mol. The first kappa shape index (κ1) is 20.5. The van der Waals surface area contributed by atoms with Gasteiger partial charge >= 0.3 is 5.91 Å². The largest absolute Gasteiger partial charge is 0.490 e. The van der Waals surface area contributed by atoms with Crippen LogP contribution in [0.2, 0.25) is 0 Å². The van der Waals surface area contributed by atoms with Crippen LogP contribution < -0.4 is 9.64 Å². The molecule has 2 aromatic heterocycles. The lowest BCUT2D eigenvalue weighted by Crippen LogP contribution is -2.34. The number of halogens is 1. The smallest absolute Gasteiger partial charge is 0.314 e. The monoisotopic (exact) mass is 448 g/mol. The molecule has 1 atom stereocenters. The van der Waals surface area contributed by atoms with E-state index in [9.17, 15) is 14.0 Å². The molecule has 2 aromatic carbocycles. The molecule has 0 saturated heterocycles. The molecule has 0 fully saturated rings. The highest BCUT2D eigenvalue weighted by molar-refractivity contribution is 6.08. The molecule has 0 bridgehead atoms. The minimum Gasteiger partial charge on any atom is -0.490 e. The summed E-state index contributed by atoms with van der Waals surface area (Å²) in [7, 11) is 1.61. The van der Waals surface area contributed by atoms with Crippen molar-refractivity contribution in [2.24, 2.45) is 10.9 Å². The van der Waals surface area contributed by atoms with Crippen molar-refractivity contribution in [1.82, 2.24) is 20.2 Å². The third kappa shape index (κ3) is 4.07. The summed E-state index contributed by atoms with van der Waals surface area (Å²) in [5.74, 6) is -1.36. The Morgan fingerprint density at radius 2 is 2.21 bits per heavy atom. The van der Waals surface area contributed by atoms with Gasteiger partial charge < -0.3 is 19.0 Å². The number of hydrogen-bond donors (Lipinski definition) is 1. The number of amides is 2. The number of nitrogens with one attached hydrogen (secondary N) is 1. The number of anilines is 1. The fourth-order valence-electron chi connectivity index (χ4n) is 3.51. The van der Waals surface area contributed by atoms with Crippen LogP contribution in [0.5, 0.6) is 5.75 Å². The van der Waals surface area contributed by atoms with E-state index >= 15 is 0 Å². The van der Waals surface area contributed by atoms with Crippen molar-refractivity contribution in [3.05, 3.63) is 65.8 Å². The Morgan fingerprint density at radius 1 is 1.33 bits per heavy atom. The van der Waals surface area contributed by atoms with E-state index in [2.05, 4.69) is 25.2 Å². The summed E-state index contributed by atoms with van der Waals surface area (Å²) in [6.07, 6.45) is 2.83. The zero-order chi connectivity index (χ0) is 22.9. The molecule has 1 aliphatic rings. The van der Waals surface area contributed by atoms with Crippen LogP contribution >= 0.6 is 0 Å². The topological polar surface area (TPSA) is 127 Å². The van der Waals surface area contributed by atoms with Gasteiger partial charge in [0.1, 0.15) is 35.4 Å². The van der Waals surface area contributed by atoms with Crippen LogP contribution in [0.1, 0.15) is 22.0 Å². The Kier molecular flexibility index (Phi) is 5.13. The standard InChI is InChI=1S/C22H17FN6O4/c1-29-16-7-15-17(33-11-25-15)8-18(16)32-10-13(22(29)31)9-24-21(30)20-26-19(27-28-20)6-12-3-2-4-14(23)5-12/h2-5,7-9,11,13H,6,10H2,1H3,(H,26,27,28)/b24-9+. The van der Waals surface area contributed by atoms with Crippen LogP contribution in [0.4, 0.5) is 10.1 Å². The summed E-state index contributed by atoms with van der Waals surface area (Å²) < 4.78 is 24.4. The molecule has 0 aliphatic carbocycles. The number of benzene rings is 2. The third-order valence-corrected chi connectivity index (χ3v) is 5.21. The highest BCUT2D eigenvalue weighted by atomic mass is 19.1. The van der Waals surface area contributed by atoms with E-state index in [0.29, 0.717) is 33.9 Å². The molecule has 33 heavy (non-hydrogen) atoms. The Balaban J connectivity index is 1.29. The van der Waals surface area contributed by atoms with Crippen molar-refractivity contribution >= 4 is 34.8 Å². The molecular weight excluding hydrogens is 431 g/mol. The number of oxazole rings is 1. The second-order valence-electron chi connectivity index (χ2n) is 7.47. The van der Waals surface area contributed by atoms with Crippen molar-refractivity contribution in [2.45, 2.75) is 6.42 Å². The molecule has 1 unspecified atom stereocenters. The quantitative estimate of drug-likeness (QED) is 0.476. The Labute approximate surface area is 186 Å². The van der Waals surface area contributed by atoms with Crippen molar-refractivity contribution < 1.29 is 23.1 Å². The number of carbonyl (C=O) groups excluding carboxylic acids is 2. The maximum absolute atomic E-state index is 13.3. The molecule has 10 nitrogen and oxygen atoms in total. The molecule has 0 radical (unpaired) electrons. The van der Waals surface area contributed by atoms with Crippen molar-refractivity contribution in [3.8, 4) is 5.75 Å². The van der Waals surface area contributed by atoms with Crippen LogP contribution in [-0.4, -0.2) is 51.8 Å². The first-order valence-electron chi connectivity index (χ1n) is 10.00. The van der Waals surface area contributed by atoms with Crippen molar-refractivity contribution in [1.29, 1.82) is 0 Å². The number of carbonyl (C=O) groups is 2. The molecule has 5 rings (SSSR count). The Bertz CT molecular complexity index is 1390. The van der Waals surface area contributed by atoms with Gasteiger partial charge in [-0.05, 0) is 23.8 Å². The average Bonchev–Trinajstić information content (AvgIpc) is 3.44. The normalized spacial score (nSPS) is 16.1. The average molecular weight is 448 g/mol. The minimum atomic E-state index is -0.791. The number of nitrogens with zero attached hydrogens (tertiary/aromatic N) is 5. The van der Waals surface area contributed by atoms with E-state index in [1.54, 1.807) is 31.3 Å². The van der Waals surface area contributed by atoms with Crippen LogP contribution in [0.25, 0.3) is 11.1 Å². The number of rotatable bonds is 4. The molecule has 2 amide bonds. The number of hydrogen-bond acceptors (Lipinski definition) is 7. The minimum absolute atomic E-state index is 0.00613. The lowest BCUT2D eigenvalue weighted by Gasteiger charge is -2.17. The maximum Gasteiger partial charge on any atom is 0.314 e. The van der Waals surface area contributed by atoms with Gasteiger partial charge in [-0.15, -0.1) is 10.2 Å². The van der Waals surface area contributed by atoms with Crippen molar-refractivity contribution in [3.63, 3.8) is 0 Å². The van der Waals surface area contributed by atoms with E-state index in [-0.39, 0.29) is 30.6 Å². The first-order valence-corrected chi connectivity index (χ1v) is 10.00. The number of aliphatic imine (C=N–C) groups is 1. The summed E-state index contributed by atoms with van der Waals surface area (Å²) in [6.45, 7) is -0.00613. The molecule has 166 valence electrons. The van der Waals surface area contributed by atoms with Gasteiger partial charge in [-0.3, -0.25) is 9.59 Å². The van der Waals surface area contributed by atoms with Crippen LogP contribution in [0, 0.1) is 11.7 Å². The first-order chi connectivity index (χ1) is 16.0. The predicted octanol–water partition coefficient (Wildman–Crippen LogP) is 2.56. The number of aromatic nitrogens is 4. The molecule has 1 aliphatic heterocycles.